The van der Waals surface area contributed by atoms with Gasteiger partial charge in [-0.2, -0.15) is 0 Å². The summed E-state index contributed by atoms with van der Waals surface area (Å²) in [5, 5.41) is 3.39. The Labute approximate surface area is 98.4 Å². The minimum atomic E-state index is 0.981. The molecule has 0 saturated carbocycles. The maximum absolute atomic E-state index is 3.46. The Morgan fingerprint density at radius 3 is 2.86 bits per heavy atom. The predicted octanol–water partition coefficient (Wildman–Crippen LogP) is 3.61. The quantitative estimate of drug-likeness (QED) is 0.639. The molecule has 1 nitrogen and oxygen atoms in total. The number of rotatable bonds is 5. The van der Waals surface area contributed by atoms with E-state index in [2.05, 4.69) is 53.3 Å². The van der Waals surface area contributed by atoms with Gasteiger partial charge in [0.2, 0.25) is 0 Å². The minimum Gasteiger partial charge on any atom is -0.313 e. The molecule has 78 valence electrons. The van der Waals surface area contributed by atoms with Crippen molar-refractivity contribution in [2.24, 2.45) is 0 Å². The molecule has 1 aromatic heterocycles. The van der Waals surface area contributed by atoms with Crippen molar-refractivity contribution in [2.75, 3.05) is 13.1 Å². The van der Waals surface area contributed by atoms with Gasteiger partial charge in [0.1, 0.15) is 0 Å². The molecule has 0 spiro atoms. The molecule has 0 atom stereocenters. The van der Waals surface area contributed by atoms with Crippen molar-refractivity contribution in [3.05, 3.63) is 32.4 Å². The van der Waals surface area contributed by atoms with Crippen LogP contribution in [0, 0.1) is 0 Å². The van der Waals surface area contributed by atoms with Crippen molar-refractivity contribution in [2.45, 2.75) is 20.3 Å². The van der Waals surface area contributed by atoms with Crippen LogP contribution < -0.4 is 5.32 Å². The summed E-state index contributed by atoms with van der Waals surface area (Å²) in [5.41, 5.74) is 1.37. The minimum absolute atomic E-state index is 0.981. The molecule has 0 aliphatic heterocycles. The second kappa shape index (κ2) is 6.38. The molecule has 14 heavy (non-hydrogen) atoms. The van der Waals surface area contributed by atoms with Gasteiger partial charge in [-0.25, -0.2) is 0 Å². The van der Waals surface area contributed by atoms with Crippen LogP contribution in [0.15, 0.2) is 27.6 Å². The van der Waals surface area contributed by atoms with E-state index < -0.39 is 0 Å². The summed E-state index contributed by atoms with van der Waals surface area (Å²) in [5.74, 6) is 0. The monoisotopic (exact) mass is 273 g/mol. The third kappa shape index (κ3) is 4.94. The summed E-state index contributed by atoms with van der Waals surface area (Å²) in [4.78, 5) is 1.43. The predicted molar refractivity (Wildman–Crippen MR) is 68.0 cm³/mol. The molecule has 1 rings (SSSR count). The summed E-state index contributed by atoms with van der Waals surface area (Å²) < 4.78 is 1.22. The molecule has 0 fully saturated rings. The highest BCUT2D eigenvalue weighted by molar-refractivity contribution is 9.11. The summed E-state index contributed by atoms with van der Waals surface area (Å²) in [6, 6.07) is 4.29. The molecule has 0 aromatic carbocycles. The van der Waals surface area contributed by atoms with E-state index in [0.29, 0.717) is 0 Å². The van der Waals surface area contributed by atoms with Crippen molar-refractivity contribution >= 4 is 27.3 Å². The number of hydrogen-bond acceptors (Lipinski definition) is 2. The van der Waals surface area contributed by atoms with Gasteiger partial charge >= 0.3 is 0 Å². The summed E-state index contributed by atoms with van der Waals surface area (Å²) in [6.07, 6.45) is 3.33. The van der Waals surface area contributed by atoms with Gasteiger partial charge in [-0.3, -0.25) is 0 Å². The van der Waals surface area contributed by atoms with E-state index >= 15 is 0 Å². The average molecular weight is 274 g/mol. The van der Waals surface area contributed by atoms with E-state index in [1.165, 1.54) is 14.2 Å². The molecule has 0 saturated heterocycles. The van der Waals surface area contributed by atoms with Crippen LogP contribution in [-0.4, -0.2) is 13.1 Å². The molecule has 0 amide bonds. The number of allylic oxidation sites excluding steroid dienone is 1. The zero-order valence-corrected chi connectivity index (χ0v) is 11.0. The Morgan fingerprint density at radius 2 is 2.29 bits per heavy atom. The topological polar surface area (TPSA) is 12.0 Å². The lowest BCUT2D eigenvalue weighted by Crippen LogP contribution is -2.16. The fourth-order valence-corrected chi connectivity index (χ4v) is 2.56. The second-order valence-electron chi connectivity index (χ2n) is 3.44. The van der Waals surface area contributed by atoms with Crippen LogP contribution in [0.5, 0.6) is 0 Å². The van der Waals surface area contributed by atoms with Crippen molar-refractivity contribution in [3.8, 4) is 0 Å². The van der Waals surface area contributed by atoms with E-state index in [-0.39, 0.29) is 0 Å². The van der Waals surface area contributed by atoms with E-state index in [9.17, 15) is 0 Å². The van der Waals surface area contributed by atoms with E-state index in [1.54, 1.807) is 0 Å². The van der Waals surface area contributed by atoms with Crippen molar-refractivity contribution in [1.82, 2.24) is 5.32 Å². The zero-order valence-electron chi connectivity index (χ0n) is 8.64. The van der Waals surface area contributed by atoms with Gasteiger partial charge in [0.25, 0.3) is 0 Å². The molecule has 0 aliphatic carbocycles. The van der Waals surface area contributed by atoms with Crippen LogP contribution in [0.1, 0.15) is 18.7 Å². The van der Waals surface area contributed by atoms with Crippen molar-refractivity contribution in [1.29, 1.82) is 0 Å². The SMILES string of the molecule is CC(C)=CCNCCc1ccc(Br)s1. The lowest BCUT2D eigenvalue weighted by molar-refractivity contribution is 0.747. The van der Waals surface area contributed by atoms with Crippen LogP contribution in [0.25, 0.3) is 0 Å². The Morgan fingerprint density at radius 1 is 1.50 bits per heavy atom. The Balaban J connectivity index is 2.13. The third-order valence-electron chi connectivity index (χ3n) is 1.83. The highest BCUT2D eigenvalue weighted by Crippen LogP contribution is 2.21. The number of hydrogen-bond donors (Lipinski definition) is 1. The Kier molecular flexibility index (Phi) is 5.45. The first-order chi connectivity index (χ1) is 6.68. The molecule has 1 N–H and O–H groups in total. The van der Waals surface area contributed by atoms with Crippen LogP contribution >= 0.6 is 27.3 Å². The van der Waals surface area contributed by atoms with Crippen LogP contribution in [0.2, 0.25) is 0 Å². The molecule has 1 heterocycles. The second-order valence-corrected chi connectivity index (χ2v) is 5.99. The van der Waals surface area contributed by atoms with E-state index in [0.717, 1.165) is 19.5 Å². The number of nitrogens with one attached hydrogen (secondary N) is 1. The lowest BCUT2D eigenvalue weighted by Gasteiger charge is -1.99. The highest BCUT2D eigenvalue weighted by Gasteiger charge is 1.96. The van der Waals surface area contributed by atoms with E-state index in [1.807, 2.05) is 11.3 Å². The molecule has 3 heteroatoms. The Hall–Kier alpha value is -0.120. The van der Waals surface area contributed by atoms with Gasteiger partial charge in [0, 0.05) is 18.0 Å². The highest BCUT2D eigenvalue weighted by atomic mass is 79.9. The normalized spacial score (nSPS) is 10.2. The van der Waals surface area contributed by atoms with Gasteiger partial charge in [-0.15, -0.1) is 11.3 Å². The molecular weight excluding hydrogens is 258 g/mol. The molecule has 0 aliphatic rings. The molecule has 0 unspecified atom stereocenters. The van der Waals surface area contributed by atoms with E-state index in [4.69, 9.17) is 0 Å². The van der Waals surface area contributed by atoms with Gasteiger partial charge < -0.3 is 5.32 Å². The number of thiophene rings is 1. The fraction of sp³-hybridized carbons (Fsp3) is 0.455. The molecule has 0 bridgehead atoms. The van der Waals surface area contributed by atoms with Crippen LogP contribution in [0.3, 0.4) is 0 Å². The molecule has 0 radical (unpaired) electrons. The van der Waals surface area contributed by atoms with Crippen molar-refractivity contribution < 1.29 is 0 Å². The fourth-order valence-electron chi connectivity index (χ4n) is 1.08. The summed E-state index contributed by atoms with van der Waals surface area (Å²) >= 11 is 5.28. The number of halogens is 1. The molecule has 1 aromatic rings. The third-order valence-corrected chi connectivity index (χ3v) is 3.52. The lowest BCUT2D eigenvalue weighted by atomic mass is 10.3. The largest absolute Gasteiger partial charge is 0.313 e. The maximum Gasteiger partial charge on any atom is 0.0701 e. The van der Waals surface area contributed by atoms with Gasteiger partial charge in [-0.05, 0) is 48.3 Å². The first-order valence-electron chi connectivity index (χ1n) is 4.77. The standard InChI is InChI=1S/C11H16BrNS/c1-9(2)5-7-13-8-6-10-3-4-11(12)14-10/h3-5,13H,6-8H2,1-2H3. The smallest absolute Gasteiger partial charge is 0.0701 e. The van der Waals surface area contributed by atoms with Crippen LogP contribution in [-0.2, 0) is 6.42 Å². The van der Waals surface area contributed by atoms with Gasteiger partial charge in [0.15, 0.2) is 0 Å². The summed E-state index contributed by atoms with van der Waals surface area (Å²) in [6.45, 7) is 6.28. The first kappa shape index (κ1) is 12.0. The average Bonchev–Trinajstić information content (AvgIpc) is 2.50. The van der Waals surface area contributed by atoms with Crippen molar-refractivity contribution in [3.63, 3.8) is 0 Å². The first-order valence-corrected chi connectivity index (χ1v) is 6.37. The van der Waals surface area contributed by atoms with Crippen LogP contribution in [0.4, 0.5) is 0 Å². The maximum atomic E-state index is 3.46. The van der Waals surface area contributed by atoms with Gasteiger partial charge in [0.05, 0.1) is 3.79 Å². The summed E-state index contributed by atoms with van der Waals surface area (Å²) in [7, 11) is 0. The molecular formula is C11H16BrNS. The Bertz CT molecular complexity index is 300. The van der Waals surface area contributed by atoms with Gasteiger partial charge in [-0.1, -0.05) is 11.6 Å². The zero-order chi connectivity index (χ0) is 10.4.